The van der Waals surface area contributed by atoms with Crippen molar-refractivity contribution in [2.24, 2.45) is 5.92 Å². The van der Waals surface area contributed by atoms with Crippen molar-refractivity contribution in [1.29, 1.82) is 0 Å². The molecule has 1 fully saturated rings. The van der Waals surface area contributed by atoms with Crippen LogP contribution in [0.1, 0.15) is 40.0 Å². The van der Waals surface area contributed by atoms with Gasteiger partial charge in [0, 0.05) is 24.9 Å². The third kappa shape index (κ3) is 6.72. The van der Waals surface area contributed by atoms with Crippen LogP contribution in [0.2, 0.25) is 0 Å². The van der Waals surface area contributed by atoms with Crippen molar-refractivity contribution in [2.45, 2.75) is 46.1 Å². The van der Waals surface area contributed by atoms with E-state index in [0.29, 0.717) is 30.0 Å². The molecule has 0 amide bonds. The van der Waals surface area contributed by atoms with Crippen LogP contribution < -0.4 is 5.32 Å². The average molecular weight is 290 g/mol. The second-order valence-corrected chi connectivity index (χ2v) is 8.26. The molecule has 0 aromatic heterocycles. The van der Waals surface area contributed by atoms with Gasteiger partial charge in [0.25, 0.3) is 0 Å². The van der Waals surface area contributed by atoms with Gasteiger partial charge >= 0.3 is 0 Å². The van der Waals surface area contributed by atoms with E-state index in [2.05, 4.69) is 24.1 Å². The molecule has 0 aromatic carbocycles. The minimum Gasteiger partial charge on any atom is -0.316 e. The summed E-state index contributed by atoms with van der Waals surface area (Å²) >= 11 is 0. The van der Waals surface area contributed by atoms with Crippen LogP contribution in [-0.2, 0) is 9.84 Å². The van der Waals surface area contributed by atoms with Crippen LogP contribution in [-0.4, -0.2) is 57.0 Å². The summed E-state index contributed by atoms with van der Waals surface area (Å²) in [7, 11) is -2.86. The first kappa shape index (κ1) is 16.9. The van der Waals surface area contributed by atoms with Gasteiger partial charge in [-0.1, -0.05) is 6.92 Å². The van der Waals surface area contributed by atoms with Crippen LogP contribution in [0.15, 0.2) is 0 Å². The minimum absolute atomic E-state index is 0.305. The van der Waals surface area contributed by atoms with Gasteiger partial charge in [0.1, 0.15) is 0 Å². The quantitative estimate of drug-likeness (QED) is 0.736. The third-order valence-corrected chi connectivity index (χ3v) is 5.66. The van der Waals surface area contributed by atoms with Gasteiger partial charge in [0.15, 0.2) is 9.84 Å². The molecule has 4 nitrogen and oxygen atoms in total. The first-order chi connectivity index (χ1) is 8.94. The molecule has 1 aliphatic rings. The van der Waals surface area contributed by atoms with E-state index in [0.717, 1.165) is 26.1 Å². The summed E-state index contributed by atoms with van der Waals surface area (Å²) in [6.45, 7) is 10.1. The fraction of sp³-hybridized carbons (Fsp3) is 1.00. The van der Waals surface area contributed by atoms with Gasteiger partial charge in [0.05, 0.1) is 5.75 Å². The monoisotopic (exact) mass is 290 g/mol. The largest absolute Gasteiger partial charge is 0.316 e. The van der Waals surface area contributed by atoms with Gasteiger partial charge in [-0.15, -0.1) is 0 Å². The molecule has 0 bridgehead atoms. The minimum atomic E-state index is -2.86. The highest BCUT2D eigenvalue weighted by Crippen LogP contribution is 2.13. The van der Waals surface area contributed by atoms with Crippen molar-refractivity contribution in [2.75, 3.05) is 37.7 Å². The van der Waals surface area contributed by atoms with E-state index in [1.165, 1.54) is 12.8 Å². The summed E-state index contributed by atoms with van der Waals surface area (Å²) in [6, 6.07) is 0.416. The molecule has 114 valence electrons. The predicted octanol–water partition coefficient (Wildman–Crippen LogP) is 1.52. The lowest BCUT2D eigenvalue weighted by Gasteiger charge is -2.32. The molecule has 1 unspecified atom stereocenters. The molecule has 1 atom stereocenters. The third-order valence-electron chi connectivity index (χ3n) is 3.83. The molecule has 1 saturated heterocycles. The molecule has 19 heavy (non-hydrogen) atoms. The zero-order valence-corrected chi connectivity index (χ0v) is 13.5. The first-order valence-corrected chi connectivity index (χ1v) is 9.42. The van der Waals surface area contributed by atoms with Crippen molar-refractivity contribution < 1.29 is 8.42 Å². The highest BCUT2D eigenvalue weighted by atomic mass is 32.2. The summed E-state index contributed by atoms with van der Waals surface area (Å²) in [5.74, 6) is 1.30. The Bertz CT molecular complexity index is 335. The molecular weight excluding hydrogens is 260 g/mol. The van der Waals surface area contributed by atoms with Crippen LogP contribution in [0.4, 0.5) is 0 Å². The van der Waals surface area contributed by atoms with E-state index in [4.69, 9.17) is 0 Å². The van der Waals surface area contributed by atoms with Crippen LogP contribution in [0.3, 0.4) is 0 Å². The second-order valence-electron chi connectivity index (χ2n) is 5.95. The fourth-order valence-electron chi connectivity index (χ4n) is 2.64. The maximum Gasteiger partial charge on any atom is 0.151 e. The molecule has 1 aliphatic heterocycles. The summed E-state index contributed by atoms with van der Waals surface area (Å²) in [4.78, 5) is 2.32. The highest BCUT2D eigenvalue weighted by molar-refractivity contribution is 7.91. The van der Waals surface area contributed by atoms with Gasteiger partial charge < -0.3 is 5.32 Å². The summed E-state index contributed by atoms with van der Waals surface area (Å²) in [6.07, 6.45) is 3.22. The van der Waals surface area contributed by atoms with Crippen molar-refractivity contribution in [1.82, 2.24) is 10.2 Å². The lowest BCUT2D eigenvalue weighted by atomic mass is 9.98. The van der Waals surface area contributed by atoms with Gasteiger partial charge in [-0.2, -0.15) is 0 Å². The van der Waals surface area contributed by atoms with E-state index in [9.17, 15) is 8.42 Å². The molecule has 0 radical (unpaired) electrons. The summed E-state index contributed by atoms with van der Waals surface area (Å²) in [5.41, 5.74) is 0. The standard InChI is InChI=1S/C14H30N2O2S/c1-4-9-19(17,18)10-8-16(13(2)3)12-14-6-5-7-15-11-14/h13-15H,4-12H2,1-3H3. The number of nitrogens with zero attached hydrogens (tertiary/aromatic N) is 1. The number of hydrogen-bond donors (Lipinski definition) is 1. The number of piperidine rings is 1. The Balaban J connectivity index is 2.44. The SMILES string of the molecule is CCCS(=O)(=O)CCN(CC1CCCNC1)C(C)C. The Morgan fingerprint density at radius 2 is 2.05 bits per heavy atom. The zero-order chi connectivity index (χ0) is 14.3. The van der Waals surface area contributed by atoms with Crippen LogP contribution in [0.5, 0.6) is 0 Å². The highest BCUT2D eigenvalue weighted by Gasteiger charge is 2.20. The maximum absolute atomic E-state index is 11.8. The molecule has 5 heteroatoms. The van der Waals surface area contributed by atoms with Crippen LogP contribution in [0, 0.1) is 5.92 Å². The molecule has 1 heterocycles. The van der Waals surface area contributed by atoms with E-state index < -0.39 is 9.84 Å². The van der Waals surface area contributed by atoms with E-state index in [1.54, 1.807) is 0 Å². The number of rotatable bonds is 8. The molecular formula is C14H30N2O2S. The lowest BCUT2D eigenvalue weighted by Crippen LogP contribution is -2.43. The van der Waals surface area contributed by atoms with Gasteiger partial charge in [-0.3, -0.25) is 4.90 Å². The maximum atomic E-state index is 11.8. The lowest BCUT2D eigenvalue weighted by molar-refractivity contribution is 0.180. The second kappa shape index (κ2) is 8.22. The van der Waals surface area contributed by atoms with Gasteiger partial charge in [-0.05, 0) is 52.1 Å². The Labute approximate surface area is 118 Å². The summed E-state index contributed by atoms with van der Waals surface area (Å²) in [5, 5.41) is 3.43. The van der Waals surface area contributed by atoms with Crippen molar-refractivity contribution >= 4 is 9.84 Å². The average Bonchev–Trinajstić information content (AvgIpc) is 2.35. The fourth-order valence-corrected chi connectivity index (χ4v) is 3.98. The van der Waals surface area contributed by atoms with Gasteiger partial charge in [-0.25, -0.2) is 8.42 Å². The normalized spacial score (nSPS) is 21.2. The number of hydrogen-bond acceptors (Lipinski definition) is 4. The Hall–Kier alpha value is -0.130. The molecule has 1 rings (SSSR count). The Morgan fingerprint density at radius 1 is 1.32 bits per heavy atom. The summed E-state index contributed by atoms with van der Waals surface area (Å²) < 4.78 is 23.6. The Kier molecular flexibility index (Phi) is 7.32. The van der Waals surface area contributed by atoms with E-state index in [1.807, 2.05) is 6.92 Å². The predicted molar refractivity (Wildman–Crippen MR) is 81.2 cm³/mol. The van der Waals surface area contributed by atoms with E-state index in [-0.39, 0.29) is 0 Å². The molecule has 0 aromatic rings. The molecule has 0 aliphatic carbocycles. The topological polar surface area (TPSA) is 49.4 Å². The van der Waals surface area contributed by atoms with Crippen molar-refractivity contribution in [3.63, 3.8) is 0 Å². The zero-order valence-electron chi connectivity index (χ0n) is 12.7. The van der Waals surface area contributed by atoms with Crippen LogP contribution >= 0.6 is 0 Å². The van der Waals surface area contributed by atoms with Crippen molar-refractivity contribution in [3.05, 3.63) is 0 Å². The van der Waals surface area contributed by atoms with E-state index >= 15 is 0 Å². The number of sulfone groups is 1. The smallest absolute Gasteiger partial charge is 0.151 e. The Morgan fingerprint density at radius 3 is 2.58 bits per heavy atom. The van der Waals surface area contributed by atoms with Crippen molar-refractivity contribution in [3.8, 4) is 0 Å². The molecule has 0 saturated carbocycles. The number of nitrogens with one attached hydrogen (secondary N) is 1. The molecule has 1 N–H and O–H groups in total. The molecule has 0 spiro atoms. The van der Waals surface area contributed by atoms with Crippen LogP contribution in [0.25, 0.3) is 0 Å². The first-order valence-electron chi connectivity index (χ1n) is 7.59. The van der Waals surface area contributed by atoms with Gasteiger partial charge in [0.2, 0.25) is 0 Å².